The Hall–Kier alpha value is -1.97. The van der Waals surface area contributed by atoms with Crippen LogP contribution in [0.4, 0.5) is 5.00 Å². The molecule has 112 valence electrons. The van der Waals surface area contributed by atoms with Crippen LogP contribution in [-0.4, -0.2) is 38.0 Å². The second-order valence-electron chi connectivity index (χ2n) is 3.81. The predicted octanol–water partition coefficient (Wildman–Crippen LogP) is 1.86. The molecule has 0 saturated heterocycles. The van der Waals surface area contributed by atoms with E-state index >= 15 is 0 Å². The van der Waals surface area contributed by atoms with Crippen LogP contribution in [0.1, 0.15) is 10.5 Å². The van der Waals surface area contributed by atoms with Gasteiger partial charge in [0.25, 0.3) is 11.3 Å². The molecule has 1 heterocycles. The van der Waals surface area contributed by atoms with Crippen LogP contribution in [0.15, 0.2) is 35.8 Å². The molecular formula is C12H12N2O5S2. The van der Waals surface area contributed by atoms with E-state index < -0.39 is 17.2 Å². The van der Waals surface area contributed by atoms with Gasteiger partial charge in [0.05, 0.1) is 12.1 Å². The minimum atomic E-state index is -2.36. The number of carboxylic acids is 1. The Morgan fingerprint density at radius 3 is 2.71 bits per heavy atom. The minimum absolute atomic E-state index is 0.0560. The number of para-hydroxylation sites is 1. The van der Waals surface area contributed by atoms with Crippen LogP contribution < -0.4 is 9.04 Å². The summed E-state index contributed by atoms with van der Waals surface area (Å²) in [5.74, 6) is -0.616. The van der Waals surface area contributed by atoms with Crippen LogP contribution in [0.5, 0.6) is 5.75 Å². The van der Waals surface area contributed by atoms with Gasteiger partial charge in [-0.25, -0.2) is 14.0 Å². The molecule has 1 aromatic carbocycles. The van der Waals surface area contributed by atoms with Gasteiger partial charge in [0.15, 0.2) is 5.69 Å². The number of aromatic nitrogens is 1. The topological polar surface area (TPSA) is 100.0 Å². The van der Waals surface area contributed by atoms with Crippen molar-refractivity contribution in [2.45, 2.75) is 0 Å². The average molecular weight is 328 g/mol. The maximum atomic E-state index is 11.4. The first kappa shape index (κ1) is 15.4. The molecule has 0 fully saturated rings. The van der Waals surface area contributed by atoms with E-state index in [0.29, 0.717) is 5.75 Å². The van der Waals surface area contributed by atoms with Gasteiger partial charge in [-0.1, -0.05) is 18.2 Å². The third-order valence-electron chi connectivity index (χ3n) is 2.47. The number of hydrogen-bond donors (Lipinski definition) is 2. The van der Waals surface area contributed by atoms with Crippen molar-refractivity contribution in [1.29, 1.82) is 0 Å². The second kappa shape index (κ2) is 7.16. The first-order valence-electron chi connectivity index (χ1n) is 5.82. The van der Waals surface area contributed by atoms with Crippen LogP contribution in [0.3, 0.4) is 0 Å². The zero-order valence-electron chi connectivity index (χ0n) is 10.7. The molecule has 0 aliphatic heterocycles. The SMILES string of the molecule is O=C(O)c1ncsc1N(CCOc1ccccc1)S(=O)O. The Bertz CT molecular complexity index is 632. The summed E-state index contributed by atoms with van der Waals surface area (Å²) in [5, 5.41) is 9.12. The molecule has 9 heteroatoms. The smallest absolute Gasteiger partial charge is 0.357 e. The lowest BCUT2D eigenvalue weighted by atomic mass is 10.3. The number of anilines is 1. The van der Waals surface area contributed by atoms with Crippen LogP contribution in [0.25, 0.3) is 0 Å². The standard InChI is InChI=1S/C12H12N2O5S2/c15-12(16)10-11(20-8-13-10)14(21(17)18)6-7-19-9-4-2-1-3-5-9/h1-5,8H,6-7H2,(H,15,16)(H,17,18). The van der Waals surface area contributed by atoms with Crippen molar-refractivity contribution in [2.24, 2.45) is 0 Å². The fourth-order valence-corrected chi connectivity index (χ4v) is 3.08. The number of carboxylic acid groups (broad SMARTS) is 1. The molecule has 7 nitrogen and oxygen atoms in total. The molecule has 2 aromatic rings. The molecule has 2 rings (SSSR count). The van der Waals surface area contributed by atoms with Crippen molar-refractivity contribution < 1.29 is 23.4 Å². The molecule has 0 amide bonds. The fourth-order valence-electron chi connectivity index (χ4n) is 1.58. The number of ether oxygens (including phenoxy) is 1. The number of aromatic carboxylic acids is 1. The normalized spacial score (nSPS) is 11.9. The molecule has 0 spiro atoms. The van der Waals surface area contributed by atoms with E-state index in [4.69, 9.17) is 9.84 Å². The molecule has 0 saturated carbocycles. The van der Waals surface area contributed by atoms with E-state index in [1.165, 1.54) is 5.51 Å². The van der Waals surface area contributed by atoms with Gasteiger partial charge < -0.3 is 9.84 Å². The van der Waals surface area contributed by atoms with E-state index in [1.54, 1.807) is 12.1 Å². The van der Waals surface area contributed by atoms with Crippen molar-refractivity contribution in [3.05, 3.63) is 41.5 Å². The van der Waals surface area contributed by atoms with Gasteiger partial charge in [-0.15, -0.1) is 11.3 Å². The van der Waals surface area contributed by atoms with Gasteiger partial charge in [0.1, 0.15) is 17.4 Å². The zero-order chi connectivity index (χ0) is 15.2. The second-order valence-corrected chi connectivity index (χ2v) is 5.54. The number of carbonyl (C=O) groups is 1. The van der Waals surface area contributed by atoms with Crippen LogP contribution in [0.2, 0.25) is 0 Å². The predicted molar refractivity (Wildman–Crippen MR) is 79.1 cm³/mol. The zero-order valence-corrected chi connectivity index (χ0v) is 12.3. The largest absolute Gasteiger partial charge is 0.492 e. The summed E-state index contributed by atoms with van der Waals surface area (Å²) in [6, 6.07) is 8.98. The summed E-state index contributed by atoms with van der Waals surface area (Å²) in [4.78, 5) is 14.7. The highest BCUT2D eigenvalue weighted by atomic mass is 32.2. The Labute approximate surface area is 127 Å². The molecule has 0 radical (unpaired) electrons. The van der Waals surface area contributed by atoms with Crippen LogP contribution >= 0.6 is 11.3 Å². The van der Waals surface area contributed by atoms with Gasteiger partial charge >= 0.3 is 5.97 Å². The lowest BCUT2D eigenvalue weighted by Gasteiger charge is -2.18. The van der Waals surface area contributed by atoms with E-state index in [0.717, 1.165) is 15.6 Å². The summed E-state index contributed by atoms with van der Waals surface area (Å²) in [6.45, 7) is 0.188. The Morgan fingerprint density at radius 1 is 1.38 bits per heavy atom. The molecular weight excluding hydrogens is 316 g/mol. The number of thiazole rings is 1. The minimum Gasteiger partial charge on any atom is -0.492 e. The summed E-state index contributed by atoms with van der Waals surface area (Å²) in [7, 11) is 0. The first-order valence-corrected chi connectivity index (χ1v) is 7.77. The highest BCUT2D eigenvalue weighted by molar-refractivity contribution is 7.81. The molecule has 21 heavy (non-hydrogen) atoms. The first-order chi connectivity index (χ1) is 10.1. The van der Waals surface area contributed by atoms with Crippen molar-refractivity contribution in [1.82, 2.24) is 4.98 Å². The van der Waals surface area contributed by atoms with Gasteiger partial charge in [0, 0.05) is 0 Å². The maximum Gasteiger partial charge on any atom is 0.357 e. The van der Waals surface area contributed by atoms with E-state index in [2.05, 4.69) is 4.98 Å². The Kier molecular flexibility index (Phi) is 5.26. The number of rotatable bonds is 7. The third-order valence-corrected chi connectivity index (χ3v) is 4.18. The van der Waals surface area contributed by atoms with Crippen molar-refractivity contribution >= 4 is 33.6 Å². The van der Waals surface area contributed by atoms with Crippen molar-refractivity contribution in [3.63, 3.8) is 0 Å². The molecule has 1 aromatic heterocycles. The Balaban J connectivity index is 2.04. The Morgan fingerprint density at radius 2 is 2.10 bits per heavy atom. The van der Waals surface area contributed by atoms with Crippen LogP contribution in [0, 0.1) is 0 Å². The maximum absolute atomic E-state index is 11.4. The third kappa shape index (κ3) is 4.00. The van der Waals surface area contributed by atoms with E-state index in [9.17, 15) is 13.6 Å². The van der Waals surface area contributed by atoms with Gasteiger partial charge in [-0.05, 0) is 12.1 Å². The van der Waals surface area contributed by atoms with E-state index in [1.807, 2.05) is 18.2 Å². The molecule has 0 bridgehead atoms. The lowest BCUT2D eigenvalue weighted by Crippen LogP contribution is -2.30. The quantitative estimate of drug-likeness (QED) is 0.753. The van der Waals surface area contributed by atoms with Crippen LogP contribution in [-0.2, 0) is 11.3 Å². The van der Waals surface area contributed by atoms with Crippen molar-refractivity contribution in [3.8, 4) is 5.75 Å². The number of hydrogen-bond acceptors (Lipinski definition) is 5. The monoisotopic (exact) mass is 328 g/mol. The lowest BCUT2D eigenvalue weighted by molar-refractivity contribution is 0.0692. The molecule has 1 atom stereocenters. The average Bonchev–Trinajstić information content (AvgIpc) is 2.93. The summed E-state index contributed by atoms with van der Waals surface area (Å²) in [6.07, 6.45) is 0. The molecule has 0 aliphatic carbocycles. The summed E-state index contributed by atoms with van der Waals surface area (Å²) >= 11 is -1.37. The fraction of sp³-hybridized carbons (Fsp3) is 0.167. The van der Waals surface area contributed by atoms with E-state index in [-0.39, 0.29) is 23.8 Å². The number of benzene rings is 1. The summed E-state index contributed by atoms with van der Waals surface area (Å²) in [5.41, 5.74) is 1.07. The highest BCUT2D eigenvalue weighted by Gasteiger charge is 2.23. The van der Waals surface area contributed by atoms with Gasteiger partial charge in [-0.2, -0.15) is 0 Å². The van der Waals surface area contributed by atoms with Crippen molar-refractivity contribution in [2.75, 3.05) is 17.5 Å². The number of nitrogens with zero attached hydrogens (tertiary/aromatic N) is 2. The molecule has 0 aliphatic rings. The molecule has 2 N–H and O–H groups in total. The molecule has 1 unspecified atom stereocenters. The van der Waals surface area contributed by atoms with Gasteiger partial charge in [-0.3, -0.25) is 8.86 Å². The summed E-state index contributed by atoms with van der Waals surface area (Å²) < 4.78 is 27.2. The van der Waals surface area contributed by atoms with Gasteiger partial charge in [0.2, 0.25) is 0 Å². The highest BCUT2D eigenvalue weighted by Crippen LogP contribution is 2.26.